The molecule has 0 aliphatic rings. The number of nitrogens with two attached hydrogens (primary N) is 1. The Balaban J connectivity index is 3.60. The molecule has 3 N–H and O–H groups in total. The molecule has 0 aliphatic heterocycles. The SMILES string of the molecule is NCCN(CCCF)C(=O)O. The fraction of sp³-hybridized carbons (Fsp3) is 0.833. The molecule has 0 spiro atoms. The third-order valence-corrected chi connectivity index (χ3v) is 1.23. The standard InChI is InChI=1S/C6H13FN2O2/c7-2-1-4-9(5-3-8)6(10)11/h1-5,8H2,(H,10,11). The summed E-state index contributed by atoms with van der Waals surface area (Å²) in [5.74, 6) is 0. The van der Waals surface area contributed by atoms with Gasteiger partial charge in [0.1, 0.15) is 0 Å². The molecule has 0 bridgehead atoms. The van der Waals surface area contributed by atoms with E-state index in [2.05, 4.69) is 0 Å². The van der Waals surface area contributed by atoms with Crippen LogP contribution >= 0.6 is 0 Å². The van der Waals surface area contributed by atoms with Crippen LogP contribution in [0.25, 0.3) is 0 Å². The fourth-order valence-electron chi connectivity index (χ4n) is 0.710. The summed E-state index contributed by atoms with van der Waals surface area (Å²) in [5, 5.41) is 8.48. The molecule has 4 nitrogen and oxygen atoms in total. The summed E-state index contributed by atoms with van der Waals surface area (Å²) in [4.78, 5) is 11.5. The van der Waals surface area contributed by atoms with Crippen molar-refractivity contribution in [1.82, 2.24) is 4.90 Å². The molecule has 0 aromatic carbocycles. The zero-order valence-electron chi connectivity index (χ0n) is 6.29. The summed E-state index contributed by atoms with van der Waals surface area (Å²) in [6, 6.07) is 0. The minimum Gasteiger partial charge on any atom is -0.465 e. The zero-order chi connectivity index (χ0) is 8.69. The van der Waals surface area contributed by atoms with Gasteiger partial charge in [0.15, 0.2) is 0 Å². The van der Waals surface area contributed by atoms with Crippen LogP contribution in [-0.2, 0) is 0 Å². The fourth-order valence-corrected chi connectivity index (χ4v) is 0.710. The third-order valence-electron chi connectivity index (χ3n) is 1.23. The van der Waals surface area contributed by atoms with Crippen molar-refractivity contribution in [2.45, 2.75) is 6.42 Å². The summed E-state index contributed by atoms with van der Waals surface area (Å²) in [5.41, 5.74) is 5.14. The van der Waals surface area contributed by atoms with Crippen molar-refractivity contribution >= 4 is 6.09 Å². The van der Waals surface area contributed by atoms with Gasteiger partial charge >= 0.3 is 6.09 Å². The lowest BCUT2D eigenvalue weighted by molar-refractivity contribution is 0.145. The van der Waals surface area contributed by atoms with Gasteiger partial charge in [-0.2, -0.15) is 0 Å². The van der Waals surface area contributed by atoms with Crippen molar-refractivity contribution < 1.29 is 14.3 Å². The molecule has 0 radical (unpaired) electrons. The number of nitrogens with zero attached hydrogens (tertiary/aromatic N) is 1. The minimum absolute atomic E-state index is 0.225. The van der Waals surface area contributed by atoms with Gasteiger partial charge in [0, 0.05) is 19.6 Å². The molecule has 66 valence electrons. The Morgan fingerprint density at radius 2 is 2.18 bits per heavy atom. The van der Waals surface area contributed by atoms with E-state index < -0.39 is 12.8 Å². The van der Waals surface area contributed by atoms with Crippen molar-refractivity contribution in [3.63, 3.8) is 0 Å². The van der Waals surface area contributed by atoms with E-state index in [0.717, 1.165) is 4.90 Å². The van der Waals surface area contributed by atoms with Gasteiger partial charge in [-0.25, -0.2) is 4.79 Å². The van der Waals surface area contributed by atoms with Gasteiger partial charge in [-0.15, -0.1) is 0 Å². The number of amides is 1. The van der Waals surface area contributed by atoms with Crippen molar-refractivity contribution in [3.05, 3.63) is 0 Å². The van der Waals surface area contributed by atoms with Crippen LogP contribution in [0, 0.1) is 0 Å². The van der Waals surface area contributed by atoms with E-state index >= 15 is 0 Å². The average molecular weight is 164 g/mol. The predicted molar refractivity (Wildman–Crippen MR) is 39.2 cm³/mol. The smallest absolute Gasteiger partial charge is 0.407 e. The Labute approximate surface area is 64.8 Å². The van der Waals surface area contributed by atoms with E-state index in [4.69, 9.17) is 10.8 Å². The van der Waals surface area contributed by atoms with Crippen molar-refractivity contribution in [2.75, 3.05) is 26.3 Å². The van der Waals surface area contributed by atoms with Gasteiger partial charge in [0.2, 0.25) is 0 Å². The second-order valence-corrected chi connectivity index (χ2v) is 2.10. The van der Waals surface area contributed by atoms with E-state index in [0.29, 0.717) is 0 Å². The lowest BCUT2D eigenvalue weighted by Gasteiger charge is -2.16. The molecule has 0 saturated heterocycles. The second kappa shape index (κ2) is 5.91. The van der Waals surface area contributed by atoms with Crippen molar-refractivity contribution in [3.8, 4) is 0 Å². The topological polar surface area (TPSA) is 66.6 Å². The number of hydrogen-bond donors (Lipinski definition) is 2. The molecule has 0 rings (SSSR count). The van der Waals surface area contributed by atoms with Crippen LogP contribution in [0.15, 0.2) is 0 Å². The van der Waals surface area contributed by atoms with Crippen LogP contribution in [-0.4, -0.2) is 42.4 Å². The molecule has 0 heterocycles. The highest BCUT2D eigenvalue weighted by molar-refractivity contribution is 5.64. The van der Waals surface area contributed by atoms with E-state index in [9.17, 15) is 9.18 Å². The Morgan fingerprint density at radius 1 is 1.55 bits per heavy atom. The first kappa shape index (κ1) is 10.2. The molecular weight excluding hydrogens is 151 g/mol. The molecule has 0 fully saturated rings. The first-order chi connectivity index (χ1) is 5.22. The molecule has 5 heteroatoms. The molecule has 0 saturated carbocycles. The van der Waals surface area contributed by atoms with Gasteiger partial charge < -0.3 is 15.7 Å². The number of alkyl halides is 1. The third kappa shape index (κ3) is 4.55. The molecule has 0 atom stereocenters. The van der Waals surface area contributed by atoms with Gasteiger partial charge in [-0.1, -0.05) is 0 Å². The van der Waals surface area contributed by atoms with E-state index in [1.807, 2.05) is 0 Å². The highest BCUT2D eigenvalue weighted by Gasteiger charge is 2.08. The maximum Gasteiger partial charge on any atom is 0.407 e. The number of hydrogen-bond acceptors (Lipinski definition) is 2. The molecule has 0 aromatic rings. The predicted octanol–water partition coefficient (Wildman–Crippen LogP) is 0.285. The average Bonchev–Trinajstić information content (AvgIpc) is 1.97. The maximum absolute atomic E-state index is 11.6. The molecule has 11 heavy (non-hydrogen) atoms. The van der Waals surface area contributed by atoms with E-state index in [1.54, 1.807) is 0 Å². The van der Waals surface area contributed by atoms with Gasteiger partial charge in [-0.3, -0.25) is 4.39 Å². The highest BCUT2D eigenvalue weighted by Crippen LogP contribution is 1.91. The second-order valence-electron chi connectivity index (χ2n) is 2.10. The maximum atomic E-state index is 11.6. The van der Waals surface area contributed by atoms with Crippen molar-refractivity contribution in [1.29, 1.82) is 0 Å². The summed E-state index contributed by atoms with van der Waals surface area (Å²) in [7, 11) is 0. The Morgan fingerprint density at radius 3 is 2.55 bits per heavy atom. The summed E-state index contributed by atoms with van der Waals surface area (Å²) < 4.78 is 11.6. The highest BCUT2D eigenvalue weighted by atomic mass is 19.1. The number of rotatable bonds is 5. The Hall–Kier alpha value is -0.840. The monoisotopic (exact) mass is 164 g/mol. The summed E-state index contributed by atoms with van der Waals surface area (Å²) in [6.07, 6.45) is -0.796. The molecular formula is C6H13FN2O2. The van der Waals surface area contributed by atoms with Crippen LogP contribution in [0.2, 0.25) is 0 Å². The first-order valence-electron chi connectivity index (χ1n) is 3.46. The van der Waals surface area contributed by atoms with Crippen LogP contribution in [0.3, 0.4) is 0 Å². The largest absolute Gasteiger partial charge is 0.465 e. The molecule has 0 aliphatic carbocycles. The van der Waals surface area contributed by atoms with Crippen LogP contribution < -0.4 is 5.73 Å². The normalized spacial score (nSPS) is 9.64. The summed E-state index contributed by atoms with van der Waals surface area (Å²) in [6.45, 7) is 0.283. The molecule has 0 aromatic heterocycles. The molecule has 1 amide bonds. The van der Waals surface area contributed by atoms with E-state index in [-0.39, 0.29) is 26.1 Å². The Bertz CT molecular complexity index is 121. The number of carbonyl (C=O) groups is 1. The first-order valence-corrected chi connectivity index (χ1v) is 3.46. The van der Waals surface area contributed by atoms with Crippen LogP contribution in [0.5, 0.6) is 0 Å². The quantitative estimate of drug-likeness (QED) is 0.613. The van der Waals surface area contributed by atoms with E-state index in [1.165, 1.54) is 0 Å². The lowest BCUT2D eigenvalue weighted by atomic mass is 10.4. The summed E-state index contributed by atoms with van der Waals surface area (Å²) >= 11 is 0. The van der Waals surface area contributed by atoms with Crippen molar-refractivity contribution in [2.24, 2.45) is 5.73 Å². The van der Waals surface area contributed by atoms with Crippen LogP contribution in [0.1, 0.15) is 6.42 Å². The van der Waals surface area contributed by atoms with Gasteiger partial charge in [0.25, 0.3) is 0 Å². The lowest BCUT2D eigenvalue weighted by Crippen LogP contribution is -2.35. The van der Waals surface area contributed by atoms with Gasteiger partial charge in [0.05, 0.1) is 6.67 Å². The Kier molecular flexibility index (Phi) is 5.46. The molecule has 0 unspecified atom stereocenters. The zero-order valence-corrected chi connectivity index (χ0v) is 6.29. The number of carboxylic acid groups (broad SMARTS) is 1. The van der Waals surface area contributed by atoms with Crippen LogP contribution in [0.4, 0.5) is 9.18 Å². The number of halogens is 1. The van der Waals surface area contributed by atoms with Gasteiger partial charge in [-0.05, 0) is 6.42 Å². The minimum atomic E-state index is -1.04.